The molecule has 0 fully saturated rings. The van der Waals surface area contributed by atoms with Crippen molar-refractivity contribution in [1.82, 2.24) is 5.43 Å². The van der Waals surface area contributed by atoms with Crippen LogP contribution < -0.4 is 11.3 Å². The van der Waals surface area contributed by atoms with Gasteiger partial charge in [-0.1, -0.05) is 37.3 Å². The SMILES string of the molecule is CC(C)N=C(NN)C(C)c1ccccc1. The quantitative estimate of drug-likeness (QED) is 0.343. The van der Waals surface area contributed by atoms with Crippen LogP contribution in [-0.4, -0.2) is 11.9 Å². The summed E-state index contributed by atoms with van der Waals surface area (Å²) in [5.41, 5.74) is 3.90. The highest BCUT2D eigenvalue weighted by atomic mass is 15.3. The van der Waals surface area contributed by atoms with Crippen LogP contribution in [0.3, 0.4) is 0 Å². The maximum Gasteiger partial charge on any atom is 0.118 e. The molecule has 0 aliphatic heterocycles. The highest BCUT2D eigenvalue weighted by molar-refractivity contribution is 5.88. The lowest BCUT2D eigenvalue weighted by atomic mass is 10.0. The third-order valence-electron chi connectivity index (χ3n) is 2.25. The molecule has 0 spiro atoms. The van der Waals surface area contributed by atoms with Gasteiger partial charge >= 0.3 is 0 Å². The summed E-state index contributed by atoms with van der Waals surface area (Å²) in [6, 6.07) is 10.5. The second-order valence-electron chi connectivity index (χ2n) is 3.88. The number of nitrogens with zero attached hydrogens (tertiary/aromatic N) is 1. The lowest BCUT2D eigenvalue weighted by Gasteiger charge is -2.15. The number of amidine groups is 1. The van der Waals surface area contributed by atoms with E-state index in [0.29, 0.717) is 0 Å². The van der Waals surface area contributed by atoms with Crippen molar-refractivity contribution in [3.8, 4) is 0 Å². The fraction of sp³-hybridized carbons (Fsp3) is 0.417. The van der Waals surface area contributed by atoms with Gasteiger partial charge in [0.2, 0.25) is 0 Å². The van der Waals surface area contributed by atoms with Crippen LogP contribution in [0.1, 0.15) is 32.3 Å². The lowest BCUT2D eigenvalue weighted by Crippen LogP contribution is -2.35. The average molecular weight is 205 g/mol. The molecule has 0 amide bonds. The molecule has 0 aromatic heterocycles. The molecule has 82 valence electrons. The summed E-state index contributed by atoms with van der Waals surface area (Å²) in [6.45, 7) is 6.17. The Bertz CT molecular complexity index is 317. The zero-order valence-corrected chi connectivity index (χ0v) is 9.57. The van der Waals surface area contributed by atoms with E-state index in [1.54, 1.807) is 0 Å². The maximum absolute atomic E-state index is 5.48. The summed E-state index contributed by atoms with van der Waals surface area (Å²) in [7, 11) is 0. The zero-order valence-electron chi connectivity index (χ0n) is 9.57. The Kier molecular flexibility index (Phi) is 4.31. The number of hydrazine groups is 1. The fourth-order valence-corrected chi connectivity index (χ4v) is 1.45. The van der Waals surface area contributed by atoms with Crippen LogP contribution in [0.15, 0.2) is 35.3 Å². The highest BCUT2D eigenvalue weighted by Gasteiger charge is 2.11. The number of hydrogen-bond acceptors (Lipinski definition) is 2. The second-order valence-corrected chi connectivity index (χ2v) is 3.88. The summed E-state index contributed by atoms with van der Waals surface area (Å²) >= 11 is 0. The number of rotatable bonds is 3. The normalized spacial score (nSPS) is 14.1. The van der Waals surface area contributed by atoms with Gasteiger partial charge in [0, 0.05) is 12.0 Å². The fourth-order valence-electron chi connectivity index (χ4n) is 1.45. The molecule has 0 bridgehead atoms. The van der Waals surface area contributed by atoms with Gasteiger partial charge in [-0.3, -0.25) is 4.99 Å². The third kappa shape index (κ3) is 3.36. The standard InChI is InChI=1S/C12H19N3/c1-9(2)14-12(15-13)10(3)11-7-5-4-6-8-11/h4-10H,13H2,1-3H3,(H,14,15). The molecule has 3 N–H and O–H groups in total. The van der Waals surface area contributed by atoms with Gasteiger partial charge in [0.05, 0.1) is 0 Å². The summed E-state index contributed by atoms with van der Waals surface area (Å²) < 4.78 is 0. The molecule has 3 heteroatoms. The van der Waals surface area contributed by atoms with Gasteiger partial charge in [-0.2, -0.15) is 0 Å². The molecule has 0 saturated heterocycles. The Morgan fingerprint density at radius 1 is 1.20 bits per heavy atom. The molecule has 1 unspecified atom stereocenters. The van der Waals surface area contributed by atoms with E-state index in [2.05, 4.69) is 29.5 Å². The number of nitrogens with one attached hydrogen (secondary N) is 1. The molecule has 1 atom stereocenters. The Hall–Kier alpha value is -1.35. The zero-order chi connectivity index (χ0) is 11.3. The molecule has 0 aliphatic carbocycles. The van der Waals surface area contributed by atoms with Crippen molar-refractivity contribution in [2.24, 2.45) is 10.8 Å². The minimum absolute atomic E-state index is 0.207. The van der Waals surface area contributed by atoms with Gasteiger partial charge < -0.3 is 5.43 Å². The Morgan fingerprint density at radius 2 is 1.80 bits per heavy atom. The Labute approximate surface area is 91.4 Å². The van der Waals surface area contributed by atoms with E-state index in [-0.39, 0.29) is 12.0 Å². The molecule has 15 heavy (non-hydrogen) atoms. The number of benzene rings is 1. The minimum Gasteiger partial charge on any atom is -0.312 e. The molecule has 1 rings (SSSR count). The molecule has 0 aliphatic rings. The van der Waals surface area contributed by atoms with E-state index in [0.717, 1.165) is 5.84 Å². The van der Waals surface area contributed by atoms with Crippen molar-refractivity contribution in [3.63, 3.8) is 0 Å². The van der Waals surface area contributed by atoms with Gasteiger partial charge in [0.15, 0.2) is 0 Å². The molecule has 0 saturated carbocycles. The molecule has 0 heterocycles. The molecular formula is C12H19N3. The summed E-state index contributed by atoms with van der Waals surface area (Å²) in [5, 5.41) is 0. The van der Waals surface area contributed by atoms with E-state index in [1.807, 2.05) is 32.0 Å². The highest BCUT2D eigenvalue weighted by Crippen LogP contribution is 2.15. The van der Waals surface area contributed by atoms with E-state index in [9.17, 15) is 0 Å². The summed E-state index contributed by atoms with van der Waals surface area (Å²) in [4.78, 5) is 4.45. The van der Waals surface area contributed by atoms with Gasteiger partial charge in [-0.15, -0.1) is 0 Å². The lowest BCUT2D eigenvalue weighted by molar-refractivity contribution is 0.791. The number of nitrogens with two attached hydrogens (primary N) is 1. The second kappa shape index (κ2) is 5.51. The first-order valence-electron chi connectivity index (χ1n) is 5.24. The van der Waals surface area contributed by atoms with Crippen LogP contribution >= 0.6 is 0 Å². The van der Waals surface area contributed by atoms with Crippen LogP contribution in [0, 0.1) is 0 Å². The Morgan fingerprint density at radius 3 is 2.27 bits per heavy atom. The first-order valence-corrected chi connectivity index (χ1v) is 5.24. The first kappa shape index (κ1) is 11.7. The van der Waals surface area contributed by atoms with Gasteiger partial charge in [-0.25, -0.2) is 5.84 Å². The first-order chi connectivity index (χ1) is 7.15. The molecule has 3 nitrogen and oxygen atoms in total. The predicted molar refractivity (Wildman–Crippen MR) is 64.8 cm³/mol. The molecule has 0 radical (unpaired) electrons. The van der Waals surface area contributed by atoms with Crippen molar-refractivity contribution in [3.05, 3.63) is 35.9 Å². The van der Waals surface area contributed by atoms with E-state index < -0.39 is 0 Å². The van der Waals surface area contributed by atoms with Gasteiger partial charge in [-0.05, 0) is 19.4 Å². The van der Waals surface area contributed by atoms with Gasteiger partial charge in [0.1, 0.15) is 5.84 Å². The van der Waals surface area contributed by atoms with E-state index in [1.165, 1.54) is 5.56 Å². The average Bonchev–Trinajstić information content (AvgIpc) is 2.26. The van der Waals surface area contributed by atoms with Crippen LogP contribution in [0.25, 0.3) is 0 Å². The van der Waals surface area contributed by atoms with Crippen molar-refractivity contribution < 1.29 is 0 Å². The topological polar surface area (TPSA) is 50.4 Å². The monoisotopic (exact) mass is 205 g/mol. The Balaban J connectivity index is 2.87. The van der Waals surface area contributed by atoms with E-state index >= 15 is 0 Å². The van der Waals surface area contributed by atoms with Crippen molar-refractivity contribution >= 4 is 5.84 Å². The van der Waals surface area contributed by atoms with Crippen LogP contribution in [0.4, 0.5) is 0 Å². The maximum atomic E-state index is 5.48. The van der Waals surface area contributed by atoms with Crippen molar-refractivity contribution in [1.29, 1.82) is 0 Å². The van der Waals surface area contributed by atoms with Crippen LogP contribution in [0.5, 0.6) is 0 Å². The van der Waals surface area contributed by atoms with Crippen molar-refractivity contribution in [2.75, 3.05) is 0 Å². The van der Waals surface area contributed by atoms with Crippen molar-refractivity contribution in [2.45, 2.75) is 32.7 Å². The minimum atomic E-state index is 0.207. The summed E-state index contributed by atoms with van der Waals surface area (Å²) in [5.74, 6) is 6.52. The smallest absolute Gasteiger partial charge is 0.118 e. The molecule has 1 aromatic carbocycles. The molecule has 1 aromatic rings. The number of hydrogen-bond donors (Lipinski definition) is 2. The van der Waals surface area contributed by atoms with Crippen LogP contribution in [0.2, 0.25) is 0 Å². The molecular weight excluding hydrogens is 186 g/mol. The summed E-state index contributed by atoms with van der Waals surface area (Å²) in [6.07, 6.45) is 0. The third-order valence-corrected chi connectivity index (χ3v) is 2.25. The predicted octanol–water partition coefficient (Wildman–Crippen LogP) is 2.06. The largest absolute Gasteiger partial charge is 0.312 e. The number of aliphatic imine (C=N–C) groups is 1. The van der Waals surface area contributed by atoms with Gasteiger partial charge in [0.25, 0.3) is 0 Å². The van der Waals surface area contributed by atoms with E-state index in [4.69, 9.17) is 5.84 Å². The van der Waals surface area contributed by atoms with Crippen LogP contribution in [-0.2, 0) is 0 Å².